The van der Waals surface area contributed by atoms with Gasteiger partial charge in [0, 0.05) is 49.4 Å². The van der Waals surface area contributed by atoms with Crippen molar-refractivity contribution in [3.63, 3.8) is 0 Å². The van der Waals surface area contributed by atoms with Crippen molar-refractivity contribution >= 4 is 22.8 Å². The number of nitrogens with zero attached hydrogens (tertiary/aromatic N) is 4. The van der Waals surface area contributed by atoms with Crippen LogP contribution in [0.1, 0.15) is 13.3 Å². The fourth-order valence-electron chi connectivity index (χ4n) is 3.27. The summed E-state index contributed by atoms with van der Waals surface area (Å²) in [5.74, 6) is 1.11. The van der Waals surface area contributed by atoms with Crippen LogP contribution in [0.4, 0.5) is 5.82 Å². The molecule has 4 heterocycles. The van der Waals surface area contributed by atoms with Crippen LogP contribution in [0.3, 0.4) is 0 Å². The first kappa shape index (κ1) is 16.3. The molecule has 1 atom stereocenters. The lowest BCUT2D eigenvalue weighted by Gasteiger charge is -2.17. The average molecular weight is 352 g/mol. The third-order valence-electron chi connectivity index (χ3n) is 4.64. The number of H-pyrrole nitrogens is 1. The summed E-state index contributed by atoms with van der Waals surface area (Å²) in [6.45, 7) is 3.01. The van der Waals surface area contributed by atoms with Crippen LogP contribution in [-0.2, 0) is 4.79 Å². The molecule has 8 heteroatoms. The first-order valence-corrected chi connectivity index (χ1v) is 8.51. The Kier molecular flexibility index (Phi) is 4.16. The molecule has 3 aromatic rings. The lowest BCUT2D eigenvalue weighted by Crippen LogP contribution is -2.29. The summed E-state index contributed by atoms with van der Waals surface area (Å²) in [4.78, 5) is 29.9. The van der Waals surface area contributed by atoms with E-state index in [9.17, 15) is 4.79 Å². The Morgan fingerprint density at radius 1 is 1.42 bits per heavy atom. The number of fused-ring (bicyclic) bond motifs is 1. The minimum atomic E-state index is 0.0932. The summed E-state index contributed by atoms with van der Waals surface area (Å²) in [5, 5.41) is 4.33. The van der Waals surface area contributed by atoms with Gasteiger partial charge in [0.1, 0.15) is 5.65 Å². The fourth-order valence-corrected chi connectivity index (χ4v) is 3.27. The lowest BCUT2D eigenvalue weighted by atomic mass is 10.1. The number of carbonyl (C=O) groups excluding carboxylic acids is 1. The highest BCUT2D eigenvalue weighted by atomic mass is 16.5. The highest BCUT2D eigenvalue weighted by Crippen LogP contribution is 2.30. The Hall–Kier alpha value is -3.16. The molecule has 4 rings (SSSR count). The van der Waals surface area contributed by atoms with Crippen molar-refractivity contribution in [2.45, 2.75) is 19.4 Å². The number of aromatic nitrogens is 4. The number of hydrogen-bond acceptors (Lipinski definition) is 6. The molecular weight excluding hydrogens is 332 g/mol. The van der Waals surface area contributed by atoms with Crippen molar-refractivity contribution in [1.29, 1.82) is 0 Å². The van der Waals surface area contributed by atoms with Gasteiger partial charge < -0.3 is 19.9 Å². The Morgan fingerprint density at radius 2 is 2.31 bits per heavy atom. The molecule has 0 bridgehead atoms. The van der Waals surface area contributed by atoms with Crippen molar-refractivity contribution in [3.8, 4) is 17.1 Å². The van der Waals surface area contributed by atoms with Gasteiger partial charge in [0.2, 0.25) is 5.91 Å². The standard InChI is InChI=1S/C18H20N6O2/c1-11(25)24-7-5-12(10-24)22-17-18(26-2)23-15(9-21-17)14-8-20-16-13(14)4-3-6-19-16/h3-4,6,8-9,12H,5,7,10H2,1-2H3,(H,19,20)(H,21,22)/t12-/m0/s1. The number of pyridine rings is 1. The second-order valence-corrected chi connectivity index (χ2v) is 6.31. The SMILES string of the molecule is COc1nc(-c2c[nH]c3ncccc23)cnc1N[C@H]1CCN(C(C)=O)C1. The number of ether oxygens (including phenoxy) is 1. The van der Waals surface area contributed by atoms with E-state index in [2.05, 4.69) is 25.3 Å². The summed E-state index contributed by atoms with van der Waals surface area (Å²) in [7, 11) is 1.58. The molecule has 0 unspecified atom stereocenters. The summed E-state index contributed by atoms with van der Waals surface area (Å²) >= 11 is 0. The van der Waals surface area contributed by atoms with Gasteiger partial charge in [-0.05, 0) is 18.6 Å². The number of anilines is 1. The van der Waals surface area contributed by atoms with E-state index in [1.807, 2.05) is 23.2 Å². The lowest BCUT2D eigenvalue weighted by molar-refractivity contribution is -0.127. The van der Waals surface area contributed by atoms with Gasteiger partial charge in [-0.1, -0.05) is 0 Å². The quantitative estimate of drug-likeness (QED) is 0.746. The molecule has 0 spiro atoms. The van der Waals surface area contributed by atoms with Crippen molar-refractivity contribution < 1.29 is 9.53 Å². The smallest absolute Gasteiger partial charge is 0.257 e. The molecule has 0 radical (unpaired) electrons. The van der Waals surface area contributed by atoms with Crippen molar-refractivity contribution in [1.82, 2.24) is 24.8 Å². The number of likely N-dealkylation sites (tertiary alicyclic amines) is 1. The number of methoxy groups -OCH3 is 1. The highest BCUT2D eigenvalue weighted by molar-refractivity contribution is 5.92. The summed E-state index contributed by atoms with van der Waals surface area (Å²) < 4.78 is 5.44. The van der Waals surface area contributed by atoms with Crippen molar-refractivity contribution in [2.75, 3.05) is 25.5 Å². The molecule has 1 aliphatic rings. The topological polar surface area (TPSA) is 96.0 Å². The van der Waals surface area contributed by atoms with E-state index in [-0.39, 0.29) is 11.9 Å². The van der Waals surface area contributed by atoms with Gasteiger partial charge in [0.05, 0.1) is 19.0 Å². The minimum absolute atomic E-state index is 0.0932. The number of aromatic amines is 1. The number of hydrogen-bond donors (Lipinski definition) is 2. The Labute approximate surface area is 150 Å². The highest BCUT2D eigenvalue weighted by Gasteiger charge is 2.25. The Bertz CT molecular complexity index is 954. The second-order valence-electron chi connectivity index (χ2n) is 6.31. The first-order chi connectivity index (χ1) is 12.7. The van der Waals surface area contributed by atoms with E-state index in [1.54, 1.807) is 26.4 Å². The molecule has 1 fully saturated rings. The van der Waals surface area contributed by atoms with E-state index in [4.69, 9.17) is 4.74 Å². The number of carbonyl (C=O) groups is 1. The van der Waals surface area contributed by atoms with Crippen LogP contribution in [0.25, 0.3) is 22.3 Å². The molecule has 0 saturated carbocycles. The molecular formula is C18H20N6O2. The van der Waals surface area contributed by atoms with Crippen LogP contribution in [0.2, 0.25) is 0 Å². The number of amides is 1. The van der Waals surface area contributed by atoms with Crippen LogP contribution in [0, 0.1) is 0 Å². The average Bonchev–Trinajstić information content (AvgIpc) is 3.29. The molecule has 1 aliphatic heterocycles. The molecule has 1 saturated heterocycles. The van der Waals surface area contributed by atoms with E-state index in [0.717, 1.165) is 29.6 Å². The van der Waals surface area contributed by atoms with Gasteiger partial charge in [-0.25, -0.2) is 15.0 Å². The van der Waals surface area contributed by atoms with Crippen LogP contribution in [0.5, 0.6) is 5.88 Å². The van der Waals surface area contributed by atoms with E-state index < -0.39 is 0 Å². The maximum absolute atomic E-state index is 11.5. The van der Waals surface area contributed by atoms with E-state index in [0.29, 0.717) is 23.9 Å². The monoisotopic (exact) mass is 352 g/mol. The third-order valence-corrected chi connectivity index (χ3v) is 4.64. The van der Waals surface area contributed by atoms with Crippen molar-refractivity contribution in [3.05, 3.63) is 30.7 Å². The normalized spacial score (nSPS) is 16.8. The molecule has 134 valence electrons. The predicted octanol–water partition coefficient (Wildman–Crippen LogP) is 2.06. The number of nitrogens with one attached hydrogen (secondary N) is 2. The van der Waals surface area contributed by atoms with Crippen LogP contribution >= 0.6 is 0 Å². The molecule has 2 N–H and O–H groups in total. The van der Waals surface area contributed by atoms with Crippen LogP contribution in [0.15, 0.2) is 30.7 Å². The maximum Gasteiger partial charge on any atom is 0.257 e. The van der Waals surface area contributed by atoms with Crippen molar-refractivity contribution in [2.24, 2.45) is 0 Å². The zero-order valence-electron chi connectivity index (χ0n) is 14.7. The molecule has 0 aromatic carbocycles. The predicted molar refractivity (Wildman–Crippen MR) is 98.0 cm³/mol. The van der Waals surface area contributed by atoms with Crippen LogP contribution in [-0.4, -0.2) is 57.0 Å². The Balaban J connectivity index is 1.60. The number of rotatable bonds is 4. The summed E-state index contributed by atoms with van der Waals surface area (Å²) in [6, 6.07) is 4.02. The van der Waals surface area contributed by atoms with Gasteiger partial charge in [-0.3, -0.25) is 4.79 Å². The summed E-state index contributed by atoms with van der Waals surface area (Å²) in [5.41, 5.74) is 2.44. The molecule has 3 aromatic heterocycles. The van der Waals surface area contributed by atoms with Gasteiger partial charge in [-0.15, -0.1) is 0 Å². The Morgan fingerprint density at radius 3 is 3.08 bits per heavy atom. The molecule has 0 aliphatic carbocycles. The first-order valence-electron chi connectivity index (χ1n) is 8.51. The van der Waals surface area contributed by atoms with Gasteiger partial charge in [0.25, 0.3) is 5.88 Å². The van der Waals surface area contributed by atoms with Gasteiger partial charge in [-0.2, -0.15) is 0 Å². The maximum atomic E-state index is 11.5. The molecule has 1 amide bonds. The van der Waals surface area contributed by atoms with Crippen LogP contribution < -0.4 is 10.1 Å². The zero-order chi connectivity index (χ0) is 18.1. The second kappa shape index (κ2) is 6.62. The minimum Gasteiger partial charge on any atom is -0.478 e. The molecule has 26 heavy (non-hydrogen) atoms. The molecule has 8 nitrogen and oxygen atoms in total. The third kappa shape index (κ3) is 2.94. The largest absolute Gasteiger partial charge is 0.478 e. The summed E-state index contributed by atoms with van der Waals surface area (Å²) in [6.07, 6.45) is 6.21. The fraction of sp³-hybridized carbons (Fsp3) is 0.333. The van der Waals surface area contributed by atoms with E-state index >= 15 is 0 Å². The van der Waals surface area contributed by atoms with Gasteiger partial charge in [0.15, 0.2) is 5.82 Å². The van der Waals surface area contributed by atoms with Gasteiger partial charge >= 0.3 is 0 Å². The zero-order valence-corrected chi connectivity index (χ0v) is 14.7. The van der Waals surface area contributed by atoms with E-state index in [1.165, 1.54) is 0 Å².